The molecule has 0 spiro atoms. The van der Waals surface area contributed by atoms with Crippen LogP contribution >= 0.6 is 0 Å². The normalized spacial score (nSPS) is 21.5. The molecule has 0 radical (unpaired) electrons. The third-order valence-corrected chi connectivity index (χ3v) is 5.02. The maximum atomic E-state index is 12.4. The molecule has 1 aromatic carbocycles. The Labute approximate surface area is 146 Å². The summed E-state index contributed by atoms with van der Waals surface area (Å²) in [6.07, 6.45) is 2.78. The Kier molecular flexibility index (Phi) is 4.05. The van der Waals surface area contributed by atoms with Gasteiger partial charge in [0.05, 0.1) is 5.52 Å². The SMILES string of the molecule is CN1C[C@@H](Nc2nc3cc[nH]c3c(=O)n2C)C[C@@H](c2ccccc2)C1. The molecule has 0 saturated carbocycles. The Morgan fingerprint density at radius 2 is 1.96 bits per heavy atom. The van der Waals surface area contributed by atoms with Crippen LogP contribution in [0.5, 0.6) is 0 Å². The van der Waals surface area contributed by atoms with Gasteiger partial charge in [-0.1, -0.05) is 30.3 Å². The number of rotatable bonds is 3. The number of nitrogens with one attached hydrogen (secondary N) is 2. The Morgan fingerprint density at radius 3 is 2.76 bits per heavy atom. The molecule has 2 N–H and O–H groups in total. The van der Waals surface area contributed by atoms with Gasteiger partial charge in [-0.3, -0.25) is 9.36 Å². The second-order valence-electron chi connectivity index (χ2n) is 6.94. The lowest BCUT2D eigenvalue weighted by atomic mass is 9.88. The van der Waals surface area contributed by atoms with Gasteiger partial charge in [-0.15, -0.1) is 0 Å². The lowest BCUT2D eigenvalue weighted by Gasteiger charge is -2.36. The number of hydrogen-bond donors (Lipinski definition) is 2. The maximum absolute atomic E-state index is 12.4. The Bertz CT molecular complexity index is 930. The molecule has 2 atom stereocenters. The highest BCUT2D eigenvalue weighted by Gasteiger charge is 2.27. The summed E-state index contributed by atoms with van der Waals surface area (Å²) in [5.41, 5.74) is 2.57. The van der Waals surface area contributed by atoms with Crippen molar-refractivity contribution in [1.82, 2.24) is 19.4 Å². The van der Waals surface area contributed by atoms with Gasteiger partial charge in [0.15, 0.2) is 0 Å². The monoisotopic (exact) mass is 337 g/mol. The van der Waals surface area contributed by atoms with Gasteiger partial charge < -0.3 is 15.2 Å². The van der Waals surface area contributed by atoms with Crippen LogP contribution in [0.3, 0.4) is 0 Å². The Morgan fingerprint density at radius 1 is 1.16 bits per heavy atom. The van der Waals surface area contributed by atoms with Crippen LogP contribution < -0.4 is 10.9 Å². The summed E-state index contributed by atoms with van der Waals surface area (Å²) in [4.78, 5) is 22.4. The first-order valence-electron chi connectivity index (χ1n) is 8.66. The number of aromatic amines is 1. The molecule has 1 aliphatic rings. The van der Waals surface area contributed by atoms with Crippen molar-refractivity contribution in [2.24, 2.45) is 7.05 Å². The lowest BCUT2D eigenvalue weighted by Crippen LogP contribution is -2.44. The summed E-state index contributed by atoms with van der Waals surface area (Å²) in [6, 6.07) is 12.7. The first kappa shape index (κ1) is 15.9. The molecular weight excluding hydrogens is 314 g/mol. The van der Waals surface area contributed by atoms with Crippen molar-refractivity contribution in [3.63, 3.8) is 0 Å². The number of likely N-dealkylation sites (N-methyl/N-ethyl adjacent to an activating group) is 1. The molecule has 130 valence electrons. The zero-order chi connectivity index (χ0) is 17.4. The molecule has 3 heterocycles. The number of hydrogen-bond acceptors (Lipinski definition) is 4. The molecule has 1 aliphatic heterocycles. The first-order chi connectivity index (χ1) is 12.1. The zero-order valence-corrected chi connectivity index (χ0v) is 14.6. The minimum absolute atomic E-state index is 0.0544. The van der Waals surface area contributed by atoms with Crippen LogP contribution in [-0.4, -0.2) is 45.6 Å². The summed E-state index contributed by atoms with van der Waals surface area (Å²) in [6.45, 7) is 1.98. The van der Waals surface area contributed by atoms with E-state index < -0.39 is 0 Å². The molecule has 1 fully saturated rings. The van der Waals surface area contributed by atoms with E-state index in [1.165, 1.54) is 5.56 Å². The third-order valence-electron chi connectivity index (χ3n) is 5.02. The third kappa shape index (κ3) is 3.05. The van der Waals surface area contributed by atoms with Crippen LogP contribution in [0.4, 0.5) is 5.95 Å². The molecule has 0 aliphatic carbocycles. The van der Waals surface area contributed by atoms with Crippen molar-refractivity contribution < 1.29 is 0 Å². The smallest absolute Gasteiger partial charge is 0.278 e. The van der Waals surface area contributed by atoms with Crippen LogP contribution in [0.2, 0.25) is 0 Å². The summed E-state index contributed by atoms with van der Waals surface area (Å²) in [5.74, 6) is 1.11. The van der Waals surface area contributed by atoms with Gasteiger partial charge in [0.1, 0.15) is 5.52 Å². The lowest BCUT2D eigenvalue weighted by molar-refractivity contribution is 0.235. The minimum atomic E-state index is -0.0544. The van der Waals surface area contributed by atoms with E-state index in [0.29, 0.717) is 22.9 Å². The molecule has 2 aromatic heterocycles. The van der Waals surface area contributed by atoms with Gasteiger partial charge in [0.25, 0.3) is 5.56 Å². The van der Waals surface area contributed by atoms with Gasteiger partial charge in [0, 0.05) is 32.4 Å². The fourth-order valence-corrected chi connectivity index (χ4v) is 3.78. The standard InChI is InChI=1S/C19H23N5O/c1-23-11-14(13-6-4-3-5-7-13)10-15(12-23)21-19-22-16-8-9-20-17(16)18(25)24(19)2/h3-9,14-15,20H,10-12H2,1-2H3,(H,21,22)/t14-,15+/m1/s1. The zero-order valence-electron chi connectivity index (χ0n) is 14.6. The highest BCUT2D eigenvalue weighted by molar-refractivity contribution is 5.75. The molecule has 0 bridgehead atoms. The molecule has 0 amide bonds. The van der Waals surface area contributed by atoms with E-state index in [2.05, 4.69) is 57.6 Å². The van der Waals surface area contributed by atoms with E-state index in [1.807, 2.05) is 6.07 Å². The van der Waals surface area contributed by atoms with E-state index in [-0.39, 0.29) is 11.6 Å². The quantitative estimate of drug-likeness (QED) is 0.769. The van der Waals surface area contributed by atoms with Crippen molar-refractivity contribution in [2.45, 2.75) is 18.4 Å². The number of anilines is 1. The van der Waals surface area contributed by atoms with Crippen LogP contribution in [0.1, 0.15) is 17.9 Å². The summed E-state index contributed by atoms with van der Waals surface area (Å²) < 4.78 is 1.59. The average Bonchev–Trinajstić information content (AvgIpc) is 3.08. The average molecular weight is 337 g/mol. The van der Waals surface area contributed by atoms with E-state index in [9.17, 15) is 4.79 Å². The Hall–Kier alpha value is -2.60. The number of likely N-dealkylation sites (tertiary alicyclic amines) is 1. The van der Waals surface area contributed by atoms with Crippen LogP contribution in [0.25, 0.3) is 11.0 Å². The van der Waals surface area contributed by atoms with E-state index in [1.54, 1.807) is 17.8 Å². The number of H-pyrrole nitrogens is 1. The number of nitrogens with zero attached hydrogens (tertiary/aromatic N) is 3. The Balaban J connectivity index is 1.60. The van der Waals surface area contributed by atoms with Gasteiger partial charge in [-0.2, -0.15) is 0 Å². The molecule has 3 aromatic rings. The molecule has 25 heavy (non-hydrogen) atoms. The largest absolute Gasteiger partial charge is 0.355 e. The summed E-state index contributed by atoms with van der Waals surface area (Å²) in [5, 5.41) is 3.50. The minimum Gasteiger partial charge on any atom is -0.355 e. The number of benzene rings is 1. The van der Waals surface area contributed by atoms with Gasteiger partial charge in [-0.25, -0.2) is 4.98 Å². The topological polar surface area (TPSA) is 66.0 Å². The second-order valence-corrected chi connectivity index (χ2v) is 6.94. The van der Waals surface area contributed by atoms with E-state index >= 15 is 0 Å². The second kappa shape index (κ2) is 6.37. The van der Waals surface area contributed by atoms with Crippen molar-refractivity contribution >= 4 is 17.0 Å². The molecule has 0 unspecified atom stereocenters. The van der Waals surface area contributed by atoms with Crippen molar-refractivity contribution in [2.75, 3.05) is 25.5 Å². The van der Waals surface area contributed by atoms with Crippen LogP contribution in [0.15, 0.2) is 47.4 Å². The van der Waals surface area contributed by atoms with Crippen molar-refractivity contribution in [1.29, 1.82) is 0 Å². The highest BCUT2D eigenvalue weighted by Crippen LogP contribution is 2.27. The molecule has 1 saturated heterocycles. The van der Waals surface area contributed by atoms with Crippen LogP contribution in [-0.2, 0) is 7.05 Å². The predicted octanol–water partition coefficient (Wildman–Crippen LogP) is 2.16. The predicted molar refractivity (Wildman–Crippen MR) is 100 cm³/mol. The van der Waals surface area contributed by atoms with Crippen LogP contribution in [0, 0.1) is 0 Å². The molecule has 6 heteroatoms. The number of piperidine rings is 1. The maximum Gasteiger partial charge on any atom is 0.278 e. The van der Waals surface area contributed by atoms with Crippen molar-refractivity contribution in [3.05, 3.63) is 58.5 Å². The summed E-state index contributed by atoms with van der Waals surface area (Å²) >= 11 is 0. The number of fused-ring (bicyclic) bond motifs is 1. The van der Waals surface area contributed by atoms with E-state index in [0.717, 1.165) is 19.5 Å². The van der Waals surface area contributed by atoms with Gasteiger partial charge in [-0.05, 0) is 31.0 Å². The molecule has 6 nitrogen and oxygen atoms in total. The fraction of sp³-hybridized carbons (Fsp3) is 0.368. The number of aromatic nitrogens is 3. The first-order valence-corrected chi connectivity index (χ1v) is 8.66. The fourth-order valence-electron chi connectivity index (χ4n) is 3.78. The molecular formula is C19H23N5O. The highest BCUT2D eigenvalue weighted by atomic mass is 16.1. The van der Waals surface area contributed by atoms with Gasteiger partial charge >= 0.3 is 0 Å². The van der Waals surface area contributed by atoms with Crippen molar-refractivity contribution in [3.8, 4) is 0 Å². The van der Waals surface area contributed by atoms with Gasteiger partial charge in [0.2, 0.25) is 5.95 Å². The molecule has 4 rings (SSSR count). The summed E-state index contributed by atoms with van der Waals surface area (Å²) in [7, 11) is 3.91. The van der Waals surface area contributed by atoms with E-state index in [4.69, 9.17) is 0 Å².